The Labute approximate surface area is 207 Å². The molecule has 0 radical (unpaired) electrons. The molecule has 0 N–H and O–H groups in total. The third kappa shape index (κ3) is 4.40. The van der Waals surface area contributed by atoms with E-state index in [2.05, 4.69) is 72.8 Å². The number of ether oxygens (including phenoxy) is 1. The molecule has 176 valence electrons. The average molecular weight is 480 g/mol. The van der Waals surface area contributed by atoms with E-state index in [1.54, 1.807) is 7.11 Å². The lowest BCUT2D eigenvalue weighted by Gasteiger charge is -2.35. The summed E-state index contributed by atoms with van der Waals surface area (Å²) in [5.74, 6) is 0.821. The van der Waals surface area contributed by atoms with E-state index in [1.165, 1.54) is 0 Å². The first-order chi connectivity index (χ1) is 17.2. The van der Waals surface area contributed by atoms with E-state index in [9.17, 15) is 4.79 Å². The van der Waals surface area contributed by atoms with Crippen LogP contribution >= 0.6 is 0 Å². The van der Waals surface area contributed by atoms with Gasteiger partial charge in [0, 0.05) is 13.5 Å². The summed E-state index contributed by atoms with van der Waals surface area (Å²) >= 11 is 0. The van der Waals surface area contributed by atoms with Crippen molar-refractivity contribution in [2.75, 3.05) is 18.6 Å². The standard InChI is InChI=1S/C30H29NO3Si/c1-33-23-24-21-22-30(32)31(24)28-19-11-12-20-29(28)34-35(25-13-5-2-6-14-25,26-15-7-3-8-16-26)27-17-9-4-10-18-27/h2-20,24H,21-23H2,1H3/t24-/m1/s1. The van der Waals surface area contributed by atoms with Crippen molar-refractivity contribution < 1.29 is 14.0 Å². The summed E-state index contributed by atoms with van der Waals surface area (Å²) in [5.41, 5.74) is 0.803. The molecular formula is C30H29NO3Si. The monoisotopic (exact) mass is 479 g/mol. The van der Waals surface area contributed by atoms with Gasteiger partial charge in [0.25, 0.3) is 0 Å². The molecule has 1 fully saturated rings. The SMILES string of the molecule is COC[C@H]1CCC(=O)N1c1ccccc1O[Si](c1ccccc1)(c1ccccc1)c1ccccc1. The van der Waals surface area contributed by atoms with Gasteiger partial charge in [0.1, 0.15) is 5.75 Å². The Morgan fingerprint density at radius 3 is 1.74 bits per heavy atom. The summed E-state index contributed by atoms with van der Waals surface area (Å²) in [6.07, 6.45) is 1.29. The number of anilines is 1. The van der Waals surface area contributed by atoms with Gasteiger partial charge in [-0.3, -0.25) is 4.79 Å². The van der Waals surface area contributed by atoms with Crippen molar-refractivity contribution in [2.24, 2.45) is 0 Å². The molecule has 1 atom stereocenters. The van der Waals surface area contributed by atoms with Crippen molar-refractivity contribution in [1.82, 2.24) is 0 Å². The van der Waals surface area contributed by atoms with Crippen LogP contribution in [0.4, 0.5) is 5.69 Å². The topological polar surface area (TPSA) is 38.8 Å². The van der Waals surface area contributed by atoms with Crippen molar-refractivity contribution in [2.45, 2.75) is 18.9 Å². The molecule has 4 aromatic carbocycles. The van der Waals surface area contributed by atoms with Crippen molar-refractivity contribution in [3.8, 4) is 5.75 Å². The summed E-state index contributed by atoms with van der Waals surface area (Å²) in [6, 6.07) is 39.4. The Kier molecular flexibility index (Phi) is 6.79. The van der Waals surface area contributed by atoms with Gasteiger partial charge < -0.3 is 14.1 Å². The molecule has 0 unspecified atom stereocenters. The molecule has 35 heavy (non-hydrogen) atoms. The van der Waals surface area contributed by atoms with Gasteiger partial charge in [0.2, 0.25) is 5.91 Å². The number of benzene rings is 4. The third-order valence-corrected chi connectivity index (χ3v) is 10.6. The quantitative estimate of drug-likeness (QED) is 0.284. The smallest absolute Gasteiger partial charge is 0.347 e. The van der Waals surface area contributed by atoms with Crippen LogP contribution < -0.4 is 24.9 Å². The largest absolute Gasteiger partial charge is 0.529 e. The number of hydrogen-bond donors (Lipinski definition) is 0. The van der Waals surface area contributed by atoms with Crippen LogP contribution in [0.25, 0.3) is 0 Å². The van der Waals surface area contributed by atoms with Crippen LogP contribution in [0.5, 0.6) is 5.75 Å². The van der Waals surface area contributed by atoms with Gasteiger partial charge in [0.15, 0.2) is 0 Å². The maximum atomic E-state index is 13.0. The molecule has 0 spiro atoms. The maximum Gasteiger partial charge on any atom is 0.347 e. The number of para-hydroxylation sites is 2. The second-order valence-corrected chi connectivity index (χ2v) is 12.1. The second-order valence-electron chi connectivity index (χ2n) is 8.76. The van der Waals surface area contributed by atoms with Crippen LogP contribution in [0.15, 0.2) is 115 Å². The van der Waals surface area contributed by atoms with Gasteiger partial charge in [-0.1, -0.05) is 103 Å². The normalized spacial score (nSPS) is 15.9. The highest BCUT2D eigenvalue weighted by Crippen LogP contribution is 2.35. The van der Waals surface area contributed by atoms with Crippen molar-refractivity contribution >= 4 is 35.5 Å². The number of rotatable bonds is 8. The first-order valence-electron chi connectivity index (χ1n) is 12.0. The zero-order valence-corrected chi connectivity index (χ0v) is 20.8. The number of carbonyl (C=O) groups is 1. The highest BCUT2D eigenvalue weighted by atomic mass is 28.4. The molecule has 0 aliphatic carbocycles. The summed E-state index contributed by atoms with van der Waals surface area (Å²) in [6.45, 7) is 0.499. The van der Waals surface area contributed by atoms with Crippen molar-refractivity contribution in [3.05, 3.63) is 115 Å². The van der Waals surface area contributed by atoms with Crippen LogP contribution in [0.3, 0.4) is 0 Å². The van der Waals surface area contributed by atoms with E-state index in [1.807, 2.05) is 47.4 Å². The average Bonchev–Trinajstić information content (AvgIpc) is 3.29. The minimum absolute atomic E-state index is 0.00140. The zero-order valence-electron chi connectivity index (χ0n) is 19.8. The van der Waals surface area contributed by atoms with E-state index >= 15 is 0 Å². The molecule has 0 saturated carbocycles. The highest BCUT2D eigenvalue weighted by Gasteiger charge is 2.45. The highest BCUT2D eigenvalue weighted by molar-refractivity contribution is 7.07. The molecule has 1 aliphatic heterocycles. The van der Waals surface area contributed by atoms with Gasteiger partial charge in [-0.15, -0.1) is 0 Å². The Hall–Kier alpha value is -3.67. The fourth-order valence-electron chi connectivity index (χ4n) is 5.03. The fourth-order valence-corrected chi connectivity index (χ4v) is 8.87. The Balaban J connectivity index is 1.72. The molecule has 5 rings (SSSR count). The summed E-state index contributed by atoms with van der Waals surface area (Å²) in [4.78, 5) is 14.9. The Bertz CT molecular complexity index is 1170. The lowest BCUT2D eigenvalue weighted by Crippen LogP contribution is -2.71. The molecule has 4 aromatic rings. The van der Waals surface area contributed by atoms with E-state index < -0.39 is 8.32 Å². The minimum Gasteiger partial charge on any atom is -0.529 e. The second kappa shape index (κ2) is 10.3. The van der Waals surface area contributed by atoms with E-state index in [4.69, 9.17) is 9.16 Å². The van der Waals surface area contributed by atoms with Crippen LogP contribution in [-0.2, 0) is 9.53 Å². The molecule has 1 amide bonds. The minimum atomic E-state index is -2.98. The molecular weight excluding hydrogens is 450 g/mol. The fraction of sp³-hybridized carbons (Fsp3) is 0.167. The van der Waals surface area contributed by atoms with Crippen molar-refractivity contribution in [3.63, 3.8) is 0 Å². The molecule has 4 nitrogen and oxygen atoms in total. The molecule has 1 saturated heterocycles. The molecule has 1 aliphatic rings. The van der Waals surface area contributed by atoms with Crippen LogP contribution in [-0.4, -0.2) is 34.0 Å². The number of amides is 1. The Morgan fingerprint density at radius 2 is 1.23 bits per heavy atom. The summed E-state index contributed by atoms with van der Waals surface area (Å²) < 4.78 is 12.7. The Morgan fingerprint density at radius 1 is 0.743 bits per heavy atom. The lowest BCUT2D eigenvalue weighted by molar-refractivity contribution is -0.117. The maximum absolute atomic E-state index is 13.0. The lowest BCUT2D eigenvalue weighted by atomic mass is 10.2. The van der Waals surface area contributed by atoms with Crippen LogP contribution in [0.1, 0.15) is 12.8 Å². The van der Waals surface area contributed by atoms with Gasteiger partial charge in [-0.2, -0.15) is 0 Å². The predicted molar refractivity (Wildman–Crippen MR) is 143 cm³/mol. The van der Waals surface area contributed by atoms with E-state index in [0.29, 0.717) is 18.8 Å². The summed E-state index contributed by atoms with van der Waals surface area (Å²) in [5, 5.41) is 3.44. The van der Waals surface area contributed by atoms with Gasteiger partial charge >= 0.3 is 8.32 Å². The molecule has 0 aromatic heterocycles. The molecule has 5 heteroatoms. The number of nitrogens with zero attached hydrogens (tertiary/aromatic N) is 1. The van der Waals surface area contributed by atoms with Gasteiger partial charge in [0.05, 0.1) is 18.3 Å². The number of methoxy groups -OCH3 is 1. The molecule has 0 bridgehead atoms. The van der Waals surface area contributed by atoms with E-state index in [-0.39, 0.29) is 11.9 Å². The first kappa shape index (κ1) is 23.1. The van der Waals surface area contributed by atoms with Gasteiger partial charge in [-0.05, 0) is 34.1 Å². The zero-order chi connectivity index (χ0) is 24.1. The van der Waals surface area contributed by atoms with Gasteiger partial charge in [-0.25, -0.2) is 0 Å². The summed E-state index contributed by atoms with van der Waals surface area (Å²) in [7, 11) is -1.30. The van der Waals surface area contributed by atoms with Crippen LogP contribution in [0, 0.1) is 0 Å². The number of hydrogen-bond acceptors (Lipinski definition) is 3. The van der Waals surface area contributed by atoms with Crippen LogP contribution in [0.2, 0.25) is 0 Å². The third-order valence-electron chi connectivity index (χ3n) is 6.61. The molecule has 1 heterocycles. The van der Waals surface area contributed by atoms with Crippen molar-refractivity contribution in [1.29, 1.82) is 0 Å². The van der Waals surface area contributed by atoms with E-state index in [0.717, 1.165) is 27.7 Å². The predicted octanol–water partition coefficient (Wildman–Crippen LogP) is 3.87. The first-order valence-corrected chi connectivity index (χ1v) is 13.9. The number of carbonyl (C=O) groups excluding carboxylic acids is 1.